The smallest absolute Gasteiger partial charge is 0.252 e. The van der Waals surface area contributed by atoms with Crippen molar-refractivity contribution in [3.05, 3.63) is 46.2 Å². The highest BCUT2D eigenvalue weighted by Crippen LogP contribution is 2.14. The van der Waals surface area contributed by atoms with Crippen LogP contribution in [0.3, 0.4) is 0 Å². The van der Waals surface area contributed by atoms with Crippen LogP contribution in [0, 0.1) is 0 Å². The molecule has 2 aromatic rings. The van der Waals surface area contributed by atoms with Crippen molar-refractivity contribution in [1.82, 2.24) is 15.6 Å². The molecule has 110 valence electrons. The highest BCUT2D eigenvalue weighted by Gasteiger charge is 2.15. The molecule has 1 atom stereocenters. The number of carbonyl (C=O) groups excluding carboxylic acids is 1. The summed E-state index contributed by atoms with van der Waals surface area (Å²) in [5.41, 5.74) is 0.873. The average Bonchev–Trinajstić information content (AvgIpc) is 2.99. The van der Waals surface area contributed by atoms with Gasteiger partial charge in [0, 0.05) is 29.6 Å². The van der Waals surface area contributed by atoms with Crippen LogP contribution in [0.5, 0.6) is 0 Å². The molecule has 3 rings (SSSR count). The van der Waals surface area contributed by atoms with Crippen LogP contribution in [0.4, 0.5) is 0 Å². The molecule has 0 radical (unpaired) electrons. The van der Waals surface area contributed by atoms with E-state index in [1.807, 2.05) is 18.2 Å². The van der Waals surface area contributed by atoms with Crippen molar-refractivity contribution in [3.8, 4) is 0 Å². The van der Waals surface area contributed by atoms with Crippen molar-refractivity contribution >= 4 is 16.8 Å². The molecule has 1 aromatic heterocycles. The summed E-state index contributed by atoms with van der Waals surface area (Å²) in [5, 5.41) is 7.09. The molecule has 1 saturated heterocycles. The maximum absolute atomic E-state index is 12.3. The van der Waals surface area contributed by atoms with Crippen LogP contribution in [-0.4, -0.2) is 30.0 Å². The lowest BCUT2D eigenvalue weighted by Crippen LogP contribution is -2.31. The summed E-state index contributed by atoms with van der Waals surface area (Å²) in [4.78, 5) is 26.7. The van der Waals surface area contributed by atoms with E-state index in [-0.39, 0.29) is 11.5 Å². The van der Waals surface area contributed by atoms with Gasteiger partial charge in [0.1, 0.15) is 0 Å². The van der Waals surface area contributed by atoms with Gasteiger partial charge in [-0.05, 0) is 31.9 Å². The number of nitrogens with one attached hydrogen (secondary N) is 3. The van der Waals surface area contributed by atoms with E-state index in [9.17, 15) is 9.59 Å². The Labute approximate surface area is 122 Å². The Morgan fingerprint density at radius 1 is 1.33 bits per heavy atom. The molecule has 0 spiro atoms. The van der Waals surface area contributed by atoms with E-state index in [0.29, 0.717) is 23.7 Å². The first kappa shape index (κ1) is 13.8. The predicted octanol–water partition coefficient (Wildman–Crippen LogP) is 1.40. The molecule has 2 heterocycles. The third-order valence-electron chi connectivity index (χ3n) is 3.94. The first-order valence-corrected chi connectivity index (χ1v) is 7.38. The third kappa shape index (κ3) is 3.13. The lowest BCUT2D eigenvalue weighted by molar-refractivity contribution is 0.0954. The van der Waals surface area contributed by atoms with Crippen molar-refractivity contribution in [3.63, 3.8) is 0 Å². The molecule has 1 fully saturated rings. The molecule has 1 aliphatic rings. The fraction of sp³-hybridized carbons (Fsp3) is 0.375. The fourth-order valence-corrected chi connectivity index (χ4v) is 2.85. The number of carbonyl (C=O) groups is 1. The SMILES string of the molecule is O=C(NCC[C@@H]1CCCN1)c1cc(=O)[nH]c2ccccc12. The van der Waals surface area contributed by atoms with Crippen LogP contribution in [0.15, 0.2) is 35.1 Å². The van der Waals surface area contributed by atoms with Gasteiger partial charge in [0.15, 0.2) is 0 Å². The molecule has 0 saturated carbocycles. The average molecular weight is 285 g/mol. The molecule has 0 unspecified atom stereocenters. The Morgan fingerprint density at radius 2 is 2.19 bits per heavy atom. The zero-order valence-electron chi connectivity index (χ0n) is 11.8. The molecule has 0 aliphatic carbocycles. The Kier molecular flexibility index (Phi) is 4.01. The maximum Gasteiger partial charge on any atom is 0.252 e. The number of hydrogen-bond donors (Lipinski definition) is 3. The number of rotatable bonds is 4. The van der Waals surface area contributed by atoms with E-state index < -0.39 is 0 Å². The Hall–Kier alpha value is -2.14. The second kappa shape index (κ2) is 6.10. The molecule has 1 amide bonds. The second-order valence-electron chi connectivity index (χ2n) is 5.43. The molecular formula is C16H19N3O2. The van der Waals surface area contributed by atoms with Gasteiger partial charge in [0.25, 0.3) is 5.91 Å². The molecule has 3 N–H and O–H groups in total. The molecular weight excluding hydrogens is 266 g/mol. The van der Waals surface area contributed by atoms with Crippen molar-refractivity contribution in [2.75, 3.05) is 13.1 Å². The quantitative estimate of drug-likeness (QED) is 0.795. The highest BCUT2D eigenvalue weighted by molar-refractivity contribution is 6.05. The van der Waals surface area contributed by atoms with Gasteiger partial charge in [-0.15, -0.1) is 0 Å². The van der Waals surface area contributed by atoms with Gasteiger partial charge >= 0.3 is 0 Å². The minimum absolute atomic E-state index is 0.185. The van der Waals surface area contributed by atoms with Crippen molar-refractivity contribution in [1.29, 1.82) is 0 Å². The zero-order chi connectivity index (χ0) is 14.7. The summed E-state index contributed by atoms with van der Waals surface area (Å²) < 4.78 is 0. The number of fused-ring (bicyclic) bond motifs is 1. The molecule has 1 aliphatic heterocycles. The highest BCUT2D eigenvalue weighted by atomic mass is 16.2. The molecule has 5 heteroatoms. The van der Waals surface area contributed by atoms with Gasteiger partial charge in [-0.1, -0.05) is 18.2 Å². The Bertz CT molecular complexity index is 702. The van der Waals surface area contributed by atoms with Gasteiger partial charge in [-0.3, -0.25) is 9.59 Å². The normalized spacial score (nSPS) is 18.0. The number of para-hydroxylation sites is 1. The fourth-order valence-electron chi connectivity index (χ4n) is 2.85. The number of aromatic nitrogens is 1. The number of H-pyrrole nitrogens is 1. The first-order valence-electron chi connectivity index (χ1n) is 7.38. The van der Waals surface area contributed by atoms with Gasteiger partial charge in [0.2, 0.25) is 5.56 Å². The lowest BCUT2D eigenvalue weighted by Gasteiger charge is -2.11. The minimum Gasteiger partial charge on any atom is -0.352 e. The molecule has 1 aromatic carbocycles. The zero-order valence-corrected chi connectivity index (χ0v) is 11.8. The van der Waals surface area contributed by atoms with Crippen LogP contribution in [0.1, 0.15) is 29.6 Å². The Balaban J connectivity index is 1.73. The summed E-state index contributed by atoms with van der Waals surface area (Å²) in [5.74, 6) is -0.185. The molecule has 0 bridgehead atoms. The van der Waals surface area contributed by atoms with E-state index >= 15 is 0 Å². The lowest BCUT2D eigenvalue weighted by atomic mass is 10.1. The van der Waals surface area contributed by atoms with Gasteiger partial charge in [0.05, 0.1) is 5.56 Å². The van der Waals surface area contributed by atoms with Gasteiger partial charge in [-0.25, -0.2) is 0 Å². The standard InChI is InChI=1S/C16H19N3O2/c20-15-10-13(12-5-1-2-6-14(12)19-15)16(21)18-9-7-11-4-3-8-17-11/h1-2,5-6,10-11,17H,3-4,7-9H2,(H,18,21)(H,19,20)/t11-/m0/s1. The van der Waals surface area contributed by atoms with Crippen LogP contribution >= 0.6 is 0 Å². The van der Waals surface area contributed by atoms with Gasteiger partial charge in [-0.2, -0.15) is 0 Å². The molecule has 5 nitrogen and oxygen atoms in total. The van der Waals surface area contributed by atoms with Crippen LogP contribution in [-0.2, 0) is 0 Å². The summed E-state index contributed by atoms with van der Waals surface area (Å²) in [7, 11) is 0. The first-order chi connectivity index (χ1) is 10.2. The van der Waals surface area contributed by atoms with Crippen LogP contribution < -0.4 is 16.2 Å². The topological polar surface area (TPSA) is 74.0 Å². The van der Waals surface area contributed by atoms with Gasteiger partial charge < -0.3 is 15.6 Å². The minimum atomic E-state index is -0.253. The summed E-state index contributed by atoms with van der Waals surface area (Å²) in [6.07, 6.45) is 3.30. The number of aromatic amines is 1. The van der Waals surface area contributed by atoms with Crippen LogP contribution in [0.25, 0.3) is 10.9 Å². The van der Waals surface area contributed by atoms with E-state index in [1.165, 1.54) is 18.9 Å². The summed E-state index contributed by atoms with van der Waals surface area (Å²) in [6.45, 7) is 1.69. The van der Waals surface area contributed by atoms with Crippen molar-refractivity contribution < 1.29 is 4.79 Å². The third-order valence-corrected chi connectivity index (χ3v) is 3.94. The predicted molar refractivity (Wildman–Crippen MR) is 82.5 cm³/mol. The maximum atomic E-state index is 12.3. The monoisotopic (exact) mass is 285 g/mol. The number of hydrogen-bond acceptors (Lipinski definition) is 3. The van der Waals surface area contributed by atoms with Crippen LogP contribution in [0.2, 0.25) is 0 Å². The summed E-state index contributed by atoms with van der Waals surface area (Å²) >= 11 is 0. The Morgan fingerprint density at radius 3 is 3.00 bits per heavy atom. The van der Waals surface area contributed by atoms with E-state index in [1.54, 1.807) is 6.07 Å². The van der Waals surface area contributed by atoms with Crippen molar-refractivity contribution in [2.45, 2.75) is 25.3 Å². The molecule has 21 heavy (non-hydrogen) atoms. The number of amides is 1. The largest absolute Gasteiger partial charge is 0.352 e. The second-order valence-corrected chi connectivity index (χ2v) is 5.43. The van der Waals surface area contributed by atoms with E-state index in [2.05, 4.69) is 15.6 Å². The van der Waals surface area contributed by atoms with E-state index in [0.717, 1.165) is 18.4 Å². The van der Waals surface area contributed by atoms with E-state index in [4.69, 9.17) is 0 Å². The number of benzene rings is 1. The van der Waals surface area contributed by atoms with Crippen molar-refractivity contribution in [2.24, 2.45) is 0 Å². The number of pyridine rings is 1. The summed E-state index contributed by atoms with van der Waals surface area (Å²) in [6, 6.07) is 9.22.